The fourth-order valence-electron chi connectivity index (χ4n) is 32.8. The number of methoxy groups -OCH3 is 1. The Labute approximate surface area is 374 Å². The summed E-state index contributed by atoms with van der Waals surface area (Å²) in [6, 6.07) is 12.9. The molecule has 2 spiro atoms. The molecule has 0 radical (unpaired) electrons. The van der Waals surface area contributed by atoms with Crippen molar-refractivity contribution in [2.45, 2.75) is 82.5 Å². The van der Waals surface area contributed by atoms with Gasteiger partial charge in [-0.1, -0.05) is 64.8 Å². The number of fused-ring (bicyclic) bond motifs is 2. The number of benzene rings is 1. The van der Waals surface area contributed by atoms with E-state index in [2.05, 4.69) is 64.8 Å². The van der Waals surface area contributed by atoms with Gasteiger partial charge >= 0.3 is 5.97 Å². The first kappa shape index (κ1) is 32.6. The Morgan fingerprint density at radius 3 is 2.17 bits per heavy atom. The van der Waals surface area contributed by atoms with Gasteiger partial charge in [-0.3, -0.25) is 4.79 Å². The van der Waals surface area contributed by atoms with E-state index in [4.69, 9.17) is 4.74 Å². The number of carbonyl (C=O) groups is 1. The molecule has 2 heteroatoms. The van der Waals surface area contributed by atoms with E-state index in [0.717, 1.165) is 190 Å². The topological polar surface area (TPSA) is 26.3 Å². The van der Waals surface area contributed by atoms with E-state index in [1.807, 2.05) is 0 Å². The zero-order valence-corrected chi connectivity index (χ0v) is 37.3. The molecule has 322 valence electrons. The maximum Gasteiger partial charge on any atom is 0.305 e. The highest BCUT2D eigenvalue weighted by Gasteiger charge is 3.04. The van der Waals surface area contributed by atoms with Crippen molar-refractivity contribution in [3.8, 4) is 0 Å². The Bertz CT molecular complexity index is 2630. The lowest BCUT2D eigenvalue weighted by molar-refractivity contribution is -0.299. The zero-order chi connectivity index (χ0) is 39.6. The molecule has 0 aliphatic heterocycles. The number of esters is 1. The molecular formula is C61H66O2. The Morgan fingerprint density at radius 2 is 1.30 bits per heavy atom. The predicted molar refractivity (Wildman–Crippen MR) is 235 cm³/mol. The second kappa shape index (κ2) is 9.25. The van der Waals surface area contributed by atoms with Crippen LogP contribution < -0.4 is 0 Å². The van der Waals surface area contributed by atoms with Gasteiger partial charge in [0.25, 0.3) is 0 Å². The van der Waals surface area contributed by atoms with Crippen LogP contribution in [0.4, 0.5) is 0 Å². The Kier molecular flexibility index (Phi) is 4.79. The fraction of sp³-hybridized carbons (Fsp3) is 0.787. The molecule has 0 bridgehead atoms. The normalized spacial score (nSPS) is 72.2. The van der Waals surface area contributed by atoms with Gasteiger partial charge in [-0.05, 0) is 271 Å². The fourth-order valence-corrected chi connectivity index (χ4v) is 32.8. The average Bonchev–Trinajstić information content (AvgIpc) is 3.79. The third-order valence-electron chi connectivity index (χ3n) is 30.7. The van der Waals surface area contributed by atoms with Crippen LogP contribution in [0.1, 0.15) is 82.6 Å². The maximum atomic E-state index is 13.4. The number of rotatable bonds is 5. The highest BCUT2D eigenvalue weighted by Crippen LogP contribution is 3.07. The van der Waals surface area contributed by atoms with E-state index in [-0.39, 0.29) is 11.4 Å². The van der Waals surface area contributed by atoms with Gasteiger partial charge in [-0.2, -0.15) is 0 Å². The van der Waals surface area contributed by atoms with Crippen LogP contribution in [0, 0.1) is 200 Å². The summed E-state index contributed by atoms with van der Waals surface area (Å²) in [6.07, 6.45) is 23.1. The van der Waals surface area contributed by atoms with Crippen LogP contribution >= 0.6 is 0 Å². The summed E-state index contributed by atoms with van der Waals surface area (Å²) in [4.78, 5) is 13.4. The number of carbonyl (C=O) groups excluding carboxylic acids is 1. The SMILES string of the molecule is COC(=O)CCCC1(c2ccccc2)C23C4=C5C6C=CC4CC4CCC7C8CC9=C%10C%11C(C9)CC9CC%12C%13CC(C6)C6C5C5C%14C%15C6C%13C%12C6C9C%11C(C9C%10C8C(C7C42)C(C9%14)C513)C6%15. The minimum Gasteiger partial charge on any atom is -0.469 e. The highest BCUT2D eigenvalue weighted by molar-refractivity contribution is 5.70. The minimum absolute atomic E-state index is 0.0507. The molecule has 17 fully saturated rings. The van der Waals surface area contributed by atoms with Gasteiger partial charge in [0.2, 0.25) is 0 Å². The van der Waals surface area contributed by atoms with E-state index in [1.54, 1.807) is 57.6 Å². The van der Waals surface area contributed by atoms with Crippen molar-refractivity contribution < 1.29 is 9.53 Å². The smallest absolute Gasteiger partial charge is 0.305 e. The standard InChI is InChI=1S/C61H66O2/c1-63-33(62)8-5-13-59(28-6-3-2-4-7-28)60-55-22-10-9-21-14-25-19-31-32-20-27-17-24-16-26-18-30-29-12-11-23(15-22)56(60)42(29)52-41(30)44-35(26)34(24)43-36(27)45-39(32)40(31)46-37(25)51(38(21)55)57-53-50(46)48(45)47(43)49(44)54(53)58(52)61(57,59)60/h2-4,6-7,9-10,21-25,27,29-32,34,36-37,39-54,56-58H,5,8,11-20H2,1H3. The second-order valence-corrected chi connectivity index (χ2v) is 29.2. The molecule has 0 heterocycles. The van der Waals surface area contributed by atoms with Crippen molar-refractivity contribution in [2.24, 2.45) is 200 Å². The molecule has 17 saturated carbocycles. The summed E-state index contributed by atoms with van der Waals surface area (Å²) in [5.74, 6) is 32.7. The van der Waals surface area contributed by atoms with Gasteiger partial charge < -0.3 is 4.74 Å². The first-order chi connectivity index (χ1) is 31.1. The quantitative estimate of drug-likeness (QED) is 0.218. The third-order valence-corrected chi connectivity index (χ3v) is 30.7. The van der Waals surface area contributed by atoms with Gasteiger partial charge in [-0.15, -0.1) is 0 Å². The molecule has 21 aliphatic rings. The molecule has 63 heavy (non-hydrogen) atoms. The first-order valence-corrected chi connectivity index (χ1v) is 28.4. The van der Waals surface area contributed by atoms with Crippen LogP contribution in [0.15, 0.2) is 64.8 Å². The largest absolute Gasteiger partial charge is 0.469 e. The van der Waals surface area contributed by atoms with Crippen LogP contribution in [-0.4, -0.2) is 13.1 Å². The molecule has 22 rings (SSSR count). The molecule has 1 aromatic rings. The summed E-state index contributed by atoms with van der Waals surface area (Å²) < 4.78 is 5.55. The summed E-state index contributed by atoms with van der Waals surface area (Å²) in [5, 5.41) is 0. The van der Waals surface area contributed by atoms with E-state index in [9.17, 15) is 4.79 Å². The first-order valence-electron chi connectivity index (χ1n) is 28.4. The van der Waals surface area contributed by atoms with E-state index >= 15 is 0 Å². The van der Waals surface area contributed by atoms with Gasteiger partial charge in [0, 0.05) is 17.3 Å². The maximum absolute atomic E-state index is 13.4. The van der Waals surface area contributed by atoms with E-state index < -0.39 is 0 Å². The van der Waals surface area contributed by atoms with Gasteiger partial charge in [-0.25, -0.2) is 0 Å². The lowest BCUT2D eigenvalue weighted by Gasteiger charge is -2.78. The van der Waals surface area contributed by atoms with Crippen molar-refractivity contribution in [1.29, 1.82) is 0 Å². The van der Waals surface area contributed by atoms with E-state index in [0.29, 0.717) is 23.2 Å². The highest BCUT2D eigenvalue weighted by atomic mass is 16.5. The molecule has 1 aromatic carbocycles. The molecule has 0 saturated heterocycles. The molecule has 0 amide bonds. The third kappa shape index (κ3) is 2.56. The van der Waals surface area contributed by atoms with Crippen LogP contribution in [0.25, 0.3) is 0 Å². The molecule has 35 unspecified atom stereocenters. The van der Waals surface area contributed by atoms with Crippen LogP contribution in [-0.2, 0) is 14.9 Å². The molecule has 0 aromatic heterocycles. The van der Waals surface area contributed by atoms with Crippen LogP contribution in [0.2, 0.25) is 0 Å². The van der Waals surface area contributed by atoms with Crippen molar-refractivity contribution in [1.82, 2.24) is 0 Å². The summed E-state index contributed by atoms with van der Waals surface area (Å²) in [6.45, 7) is 0. The van der Waals surface area contributed by atoms with Crippen molar-refractivity contribution in [2.75, 3.05) is 7.11 Å². The summed E-state index contributed by atoms with van der Waals surface area (Å²) in [7, 11) is 1.66. The van der Waals surface area contributed by atoms with Crippen molar-refractivity contribution in [3.05, 3.63) is 70.3 Å². The predicted octanol–water partition coefficient (Wildman–Crippen LogP) is 10.9. The number of allylic oxidation sites excluding steroid dienone is 6. The van der Waals surface area contributed by atoms with Crippen molar-refractivity contribution in [3.63, 3.8) is 0 Å². The molecule has 2 nitrogen and oxygen atoms in total. The minimum atomic E-state index is 0.0507. The average molecular weight is 831 g/mol. The monoisotopic (exact) mass is 831 g/mol. The molecule has 21 aliphatic carbocycles. The summed E-state index contributed by atoms with van der Waals surface area (Å²) in [5.41, 5.74) is 11.6. The van der Waals surface area contributed by atoms with E-state index in [1.165, 1.54) is 19.3 Å². The van der Waals surface area contributed by atoms with Crippen LogP contribution in [0.3, 0.4) is 0 Å². The molecule has 0 N–H and O–H groups in total. The number of hydrogen-bond acceptors (Lipinski definition) is 2. The zero-order valence-electron chi connectivity index (χ0n) is 37.3. The Hall–Kier alpha value is -2.09. The molecular weight excluding hydrogens is 765 g/mol. The van der Waals surface area contributed by atoms with Crippen molar-refractivity contribution >= 4 is 5.97 Å². The Morgan fingerprint density at radius 1 is 0.571 bits per heavy atom. The summed E-state index contributed by atoms with van der Waals surface area (Å²) >= 11 is 0. The lowest BCUT2D eigenvalue weighted by Crippen LogP contribution is -2.74. The Balaban J connectivity index is 0.921. The number of hydrogen-bond donors (Lipinski definition) is 0. The lowest BCUT2D eigenvalue weighted by atomic mass is 9.26. The van der Waals surface area contributed by atoms with Crippen LogP contribution in [0.5, 0.6) is 0 Å². The number of ether oxygens (including phenoxy) is 1. The van der Waals surface area contributed by atoms with Gasteiger partial charge in [0.05, 0.1) is 7.11 Å². The van der Waals surface area contributed by atoms with Gasteiger partial charge in [0.15, 0.2) is 0 Å². The van der Waals surface area contributed by atoms with Gasteiger partial charge in [0.1, 0.15) is 0 Å². The molecule has 35 atom stereocenters. The second-order valence-electron chi connectivity index (χ2n) is 29.2.